The summed E-state index contributed by atoms with van der Waals surface area (Å²) >= 11 is 2.43. The fraction of sp³-hybridized carbons (Fsp3) is 0.368. The quantitative estimate of drug-likeness (QED) is 0.521. The molecular formula is C19H23N3O5S2. The minimum atomic E-state index is -0.357. The zero-order valence-corrected chi connectivity index (χ0v) is 17.9. The minimum Gasteiger partial charge on any atom is -0.494 e. The van der Waals surface area contributed by atoms with Crippen LogP contribution in [-0.2, 0) is 25.5 Å². The van der Waals surface area contributed by atoms with Gasteiger partial charge >= 0.3 is 5.97 Å². The lowest BCUT2D eigenvalue weighted by Crippen LogP contribution is -2.18. The number of anilines is 2. The van der Waals surface area contributed by atoms with Crippen LogP contribution in [0.3, 0.4) is 0 Å². The normalized spacial score (nSPS) is 10.3. The lowest BCUT2D eigenvalue weighted by molar-refractivity contribution is -0.142. The van der Waals surface area contributed by atoms with Gasteiger partial charge in [-0.05, 0) is 38.1 Å². The highest BCUT2D eigenvalue weighted by atomic mass is 32.2. The maximum atomic E-state index is 12.0. The van der Waals surface area contributed by atoms with Gasteiger partial charge in [-0.15, -0.1) is 23.1 Å². The molecule has 156 valence electrons. The second kappa shape index (κ2) is 12.1. The average Bonchev–Trinajstić information content (AvgIpc) is 3.10. The molecule has 10 heteroatoms. The first kappa shape index (κ1) is 22.7. The SMILES string of the molecule is CCOC(=O)Cc1csc(NC(=O)CSCC(=O)Nc2ccc(OCC)cc2)n1. The highest BCUT2D eigenvalue weighted by Crippen LogP contribution is 2.17. The van der Waals surface area contributed by atoms with Gasteiger partial charge in [0.05, 0.1) is 36.8 Å². The van der Waals surface area contributed by atoms with E-state index in [-0.39, 0.29) is 35.7 Å². The average molecular weight is 438 g/mol. The van der Waals surface area contributed by atoms with Gasteiger partial charge in [0.1, 0.15) is 5.75 Å². The van der Waals surface area contributed by atoms with E-state index in [2.05, 4.69) is 15.6 Å². The molecule has 0 spiro atoms. The number of thiazole rings is 1. The number of aromatic nitrogens is 1. The van der Waals surface area contributed by atoms with E-state index in [0.717, 1.165) is 5.75 Å². The molecule has 8 nitrogen and oxygen atoms in total. The Balaban J connectivity index is 1.68. The van der Waals surface area contributed by atoms with Crippen LogP contribution in [0, 0.1) is 0 Å². The molecular weight excluding hydrogens is 414 g/mol. The van der Waals surface area contributed by atoms with Crippen LogP contribution < -0.4 is 15.4 Å². The topological polar surface area (TPSA) is 107 Å². The van der Waals surface area contributed by atoms with Crippen molar-refractivity contribution in [1.82, 2.24) is 4.98 Å². The number of amides is 2. The van der Waals surface area contributed by atoms with E-state index >= 15 is 0 Å². The Morgan fingerprint density at radius 2 is 1.72 bits per heavy atom. The Morgan fingerprint density at radius 1 is 1.03 bits per heavy atom. The summed E-state index contributed by atoms with van der Waals surface area (Å²) in [6.45, 7) is 4.54. The predicted molar refractivity (Wildman–Crippen MR) is 115 cm³/mol. The van der Waals surface area contributed by atoms with Crippen molar-refractivity contribution in [2.45, 2.75) is 20.3 Å². The van der Waals surface area contributed by atoms with Gasteiger partial charge in [-0.2, -0.15) is 0 Å². The summed E-state index contributed by atoms with van der Waals surface area (Å²) < 4.78 is 10.2. The van der Waals surface area contributed by atoms with E-state index in [4.69, 9.17) is 9.47 Å². The molecule has 0 saturated carbocycles. The zero-order chi connectivity index (χ0) is 21.1. The van der Waals surface area contributed by atoms with Crippen molar-refractivity contribution in [2.75, 3.05) is 35.4 Å². The summed E-state index contributed by atoms with van der Waals surface area (Å²) in [6, 6.07) is 7.08. The molecule has 0 unspecified atom stereocenters. The lowest BCUT2D eigenvalue weighted by atomic mass is 10.3. The third-order valence-corrected chi connectivity index (χ3v) is 5.08. The van der Waals surface area contributed by atoms with Crippen LogP contribution in [0.4, 0.5) is 10.8 Å². The third-order valence-electron chi connectivity index (χ3n) is 3.34. The summed E-state index contributed by atoms with van der Waals surface area (Å²) in [7, 11) is 0. The Kier molecular flexibility index (Phi) is 9.45. The molecule has 0 atom stereocenters. The fourth-order valence-corrected chi connectivity index (χ4v) is 3.54. The summed E-state index contributed by atoms with van der Waals surface area (Å²) in [5, 5.41) is 7.53. The highest BCUT2D eigenvalue weighted by Gasteiger charge is 2.11. The van der Waals surface area contributed by atoms with Gasteiger partial charge in [0.2, 0.25) is 11.8 Å². The van der Waals surface area contributed by atoms with Crippen LogP contribution in [0.15, 0.2) is 29.6 Å². The molecule has 2 N–H and O–H groups in total. The maximum absolute atomic E-state index is 12.0. The van der Waals surface area contributed by atoms with Crippen LogP contribution in [0.25, 0.3) is 0 Å². The molecule has 1 heterocycles. The molecule has 0 aliphatic carbocycles. The van der Waals surface area contributed by atoms with Gasteiger partial charge in [-0.25, -0.2) is 4.98 Å². The number of esters is 1. The summed E-state index contributed by atoms with van der Waals surface area (Å²) in [5.74, 6) is 0.184. The third kappa shape index (κ3) is 8.53. The molecule has 2 rings (SSSR count). The van der Waals surface area contributed by atoms with Gasteiger partial charge in [-0.1, -0.05) is 0 Å². The number of rotatable bonds is 11. The first-order valence-electron chi connectivity index (χ1n) is 9.00. The van der Waals surface area contributed by atoms with Gasteiger partial charge in [0.15, 0.2) is 5.13 Å². The van der Waals surface area contributed by atoms with Crippen molar-refractivity contribution in [3.8, 4) is 5.75 Å². The Labute approximate surface area is 177 Å². The predicted octanol–water partition coefficient (Wildman–Crippen LogP) is 2.96. The van der Waals surface area contributed by atoms with Gasteiger partial charge in [0.25, 0.3) is 0 Å². The molecule has 0 aliphatic rings. The van der Waals surface area contributed by atoms with E-state index < -0.39 is 0 Å². The first-order chi connectivity index (χ1) is 14.0. The standard InChI is InChI=1S/C19H23N3O5S2/c1-3-26-15-7-5-13(6-8-15)20-16(23)11-28-12-17(24)22-19-21-14(10-29-19)9-18(25)27-4-2/h5-8,10H,3-4,9,11-12H2,1-2H3,(H,20,23)(H,21,22,24). The van der Waals surface area contributed by atoms with Crippen molar-refractivity contribution in [3.63, 3.8) is 0 Å². The van der Waals surface area contributed by atoms with Crippen LogP contribution >= 0.6 is 23.1 Å². The minimum absolute atomic E-state index is 0.0701. The van der Waals surface area contributed by atoms with Crippen LogP contribution in [0.1, 0.15) is 19.5 Å². The number of carbonyl (C=O) groups excluding carboxylic acids is 3. The summed E-state index contributed by atoms with van der Waals surface area (Å²) in [5.41, 5.74) is 1.21. The van der Waals surface area contributed by atoms with Crippen molar-refractivity contribution in [2.24, 2.45) is 0 Å². The van der Waals surface area contributed by atoms with Crippen molar-refractivity contribution in [1.29, 1.82) is 0 Å². The van der Waals surface area contributed by atoms with Gasteiger partial charge in [-0.3, -0.25) is 14.4 Å². The van der Waals surface area contributed by atoms with Crippen LogP contribution in [0.5, 0.6) is 5.75 Å². The molecule has 0 radical (unpaired) electrons. The van der Waals surface area contributed by atoms with Crippen molar-refractivity contribution >= 4 is 51.7 Å². The molecule has 2 aromatic rings. The number of carbonyl (C=O) groups is 3. The first-order valence-corrected chi connectivity index (χ1v) is 11.0. The smallest absolute Gasteiger partial charge is 0.311 e. The summed E-state index contributed by atoms with van der Waals surface area (Å²) in [6.07, 6.45) is 0.0701. The molecule has 2 amide bonds. The molecule has 0 fully saturated rings. The summed E-state index contributed by atoms with van der Waals surface area (Å²) in [4.78, 5) is 39.6. The van der Waals surface area contributed by atoms with Crippen LogP contribution in [-0.4, -0.2) is 47.5 Å². The molecule has 29 heavy (non-hydrogen) atoms. The van der Waals surface area contributed by atoms with E-state index in [0.29, 0.717) is 29.7 Å². The number of nitrogens with one attached hydrogen (secondary N) is 2. The number of ether oxygens (including phenoxy) is 2. The highest BCUT2D eigenvalue weighted by molar-refractivity contribution is 8.00. The Morgan fingerprint density at radius 3 is 2.38 bits per heavy atom. The van der Waals surface area contributed by atoms with Gasteiger partial charge < -0.3 is 20.1 Å². The maximum Gasteiger partial charge on any atom is 0.311 e. The molecule has 1 aromatic carbocycles. The number of hydrogen-bond donors (Lipinski definition) is 2. The second-order valence-corrected chi connectivity index (χ2v) is 7.52. The van der Waals surface area contributed by atoms with Crippen molar-refractivity contribution in [3.05, 3.63) is 35.3 Å². The van der Waals surface area contributed by atoms with E-state index in [1.807, 2.05) is 6.92 Å². The van der Waals surface area contributed by atoms with Gasteiger partial charge in [0, 0.05) is 11.1 Å². The Hall–Kier alpha value is -2.59. The molecule has 0 aliphatic heterocycles. The fourth-order valence-electron chi connectivity index (χ4n) is 2.20. The van der Waals surface area contributed by atoms with Crippen molar-refractivity contribution < 1.29 is 23.9 Å². The lowest BCUT2D eigenvalue weighted by Gasteiger charge is -2.07. The number of hydrogen-bond acceptors (Lipinski definition) is 8. The monoisotopic (exact) mass is 437 g/mol. The number of benzene rings is 1. The van der Waals surface area contributed by atoms with E-state index in [1.54, 1.807) is 36.6 Å². The second-order valence-electron chi connectivity index (χ2n) is 5.67. The zero-order valence-electron chi connectivity index (χ0n) is 16.2. The van der Waals surface area contributed by atoms with E-state index in [9.17, 15) is 14.4 Å². The largest absolute Gasteiger partial charge is 0.494 e. The van der Waals surface area contributed by atoms with Crippen LogP contribution in [0.2, 0.25) is 0 Å². The number of nitrogens with zero attached hydrogens (tertiary/aromatic N) is 1. The molecule has 0 saturated heterocycles. The molecule has 1 aromatic heterocycles. The van der Waals surface area contributed by atoms with E-state index in [1.165, 1.54) is 23.1 Å². The molecule has 0 bridgehead atoms. The number of thioether (sulfide) groups is 1. The Bertz CT molecular complexity index is 824.